The van der Waals surface area contributed by atoms with Crippen molar-refractivity contribution < 1.29 is 9.53 Å². The molecule has 0 atom stereocenters. The number of pyridine rings is 1. The van der Waals surface area contributed by atoms with Crippen molar-refractivity contribution in [3.8, 4) is 0 Å². The van der Waals surface area contributed by atoms with E-state index in [0.717, 1.165) is 6.42 Å². The quantitative estimate of drug-likeness (QED) is 0.710. The van der Waals surface area contributed by atoms with Crippen molar-refractivity contribution in [1.82, 2.24) is 4.98 Å². The number of anilines is 1. The van der Waals surface area contributed by atoms with E-state index >= 15 is 0 Å². The monoisotopic (exact) mass is 180 g/mol. The van der Waals surface area contributed by atoms with Gasteiger partial charge >= 0.3 is 5.97 Å². The Morgan fingerprint density at radius 3 is 3.08 bits per heavy atom. The van der Waals surface area contributed by atoms with Crippen molar-refractivity contribution in [2.24, 2.45) is 0 Å². The normalized spacial score (nSPS) is 9.62. The summed E-state index contributed by atoms with van der Waals surface area (Å²) in [5.74, 6) is -0.410. The standard InChI is InChI=1S/C9H12N2O2/c1-2-5-13-9(12)7-6-11-4-3-8(7)10/h3-4,6H,2,5H2,1H3,(H2,10,11). The Morgan fingerprint density at radius 1 is 1.69 bits per heavy atom. The molecule has 0 saturated carbocycles. The molecule has 0 aliphatic heterocycles. The van der Waals surface area contributed by atoms with Crippen LogP contribution in [0.3, 0.4) is 0 Å². The van der Waals surface area contributed by atoms with E-state index in [9.17, 15) is 4.79 Å². The zero-order valence-electron chi connectivity index (χ0n) is 7.49. The first-order chi connectivity index (χ1) is 6.25. The molecule has 0 aliphatic carbocycles. The van der Waals surface area contributed by atoms with E-state index in [1.807, 2.05) is 6.92 Å². The van der Waals surface area contributed by atoms with E-state index in [-0.39, 0.29) is 0 Å². The minimum absolute atomic E-state index is 0.330. The molecule has 0 radical (unpaired) electrons. The number of ether oxygens (including phenoxy) is 1. The lowest BCUT2D eigenvalue weighted by Gasteiger charge is -2.04. The molecule has 0 saturated heterocycles. The van der Waals surface area contributed by atoms with Crippen LogP contribution < -0.4 is 5.73 Å². The van der Waals surface area contributed by atoms with Crippen LogP contribution in [0.4, 0.5) is 5.69 Å². The van der Waals surface area contributed by atoms with Crippen LogP contribution in [0.2, 0.25) is 0 Å². The van der Waals surface area contributed by atoms with Gasteiger partial charge in [0, 0.05) is 18.1 Å². The minimum Gasteiger partial charge on any atom is -0.462 e. The van der Waals surface area contributed by atoms with Gasteiger partial charge in [0.2, 0.25) is 0 Å². The van der Waals surface area contributed by atoms with Gasteiger partial charge in [-0.25, -0.2) is 4.79 Å². The summed E-state index contributed by atoms with van der Waals surface area (Å²) in [6.45, 7) is 2.34. The molecule has 0 amide bonds. The lowest BCUT2D eigenvalue weighted by Crippen LogP contribution is -2.09. The van der Waals surface area contributed by atoms with Crippen LogP contribution in [0.15, 0.2) is 18.5 Å². The fraction of sp³-hybridized carbons (Fsp3) is 0.333. The van der Waals surface area contributed by atoms with Crippen LogP contribution in [0, 0.1) is 0 Å². The summed E-state index contributed by atoms with van der Waals surface area (Å²) in [5, 5.41) is 0. The second-order valence-electron chi connectivity index (χ2n) is 2.60. The second-order valence-corrected chi connectivity index (χ2v) is 2.60. The highest BCUT2D eigenvalue weighted by molar-refractivity contribution is 5.94. The van der Waals surface area contributed by atoms with Crippen LogP contribution in [0.5, 0.6) is 0 Å². The third kappa shape index (κ3) is 2.43. The molecule has 1 heterocycles. The van der Waals surface area contributed by atoms with Crippen LogP contribution in [-0.2, 0) is 4.74 Å². The van der Waals surface area contributed by atoms with Gasteiger partial charge in [0.25, 0.3) is 0 Å². The zero-order chi connectivity index (χ0) is 9.68. The summed E-state index contributed by atoms with van der Waals surface area (Å²) in [6, 6.07) is 1.57. The Kier molecular flexibility index (Phi) is 3.25. The molecule has 0 bridgehead atoms. The number of hydrogen-bond donors (Lipinski definition) is 1. The molecule has 13 heavy (non-hydrogen) atoms. The largest absolute Gasteiger partial charge is 0.462 e. The number of hydrogen-bond acceptors (Lipinski definition) is 4. The maximum absolute atomic E-state index is 11.3. The third-order valence-electron chi connectivity index (χ3n) is 1.51. The summed E-state index contributed by atoms with van der Waals surface area (Å²) < 4.78 is 4.90. The van der Waals surface area contributed by atoms with Gasteiger partial charge in [0.1, 0.15) is 5.56 Å². The van der Waals surface area contributed by atoms with Gasteiger partial charge in [-0.1, -0.05) is 6.92 Å². The summed E-state index contributed by atoms with van der Waals surface area (Å²) in [7, 11) is 0. The SMILES string of the molecule is CCCOC(=O)c1cnccc1N. The average Bonchev–Trinajstić information content (AvgIpc) is 2.15. The Morgan fingerprint density at radius 2 is 2.46 bits per heavy atom. The van der Waals surface area contributed by atoms with Gasteiger partial charge in [-0.05, 0) is 12.5 Å². The van der Waals surface area contributed by atoms with E-state index in [0.29, 0.717) is 17.9 Å². The molecule has 1 rings (SSSR count). The van der Waals surface area contributed by atoms with Gasteiger partial charge in [-0.3, -0.25) is 4.98 Å². The topological polar surface area (TPSA) is 65.2 Å². The molecular formula is C9H12N2O2. The molecule has 0 spiro atoms. The van der Waals surface area contributed by atoms with Gasteiger partial charge in [0.15, 0.2) is 0 Å². The van der Waals surface area contributed by atoms with Crippen molar-refractivity contribution in [3.63, 3.8) is 0 Å². The van der Waals surface area contributed by atoms with Crippen molar-refractivity contribution >= 4 is 11.7 Å². The fourth-order valence-electron chi connectivity index (χ4n) is 0.848. The van der Waals surface area contributed by atoms with Gasteiger partial charge < -0.3 is 10.5 Å². The van der Waals surface area contributed by atoms with E-state index in [4.69, 9.17) is 10.5 Å². The fourth-order valence-corrected chi connectivity index (χ4v) is 0.848. The Bertz CT molecular complexity index is 299. The van der Waals surface area contributed by atoms with Crippen molar-refractivity contribution in [1.29, 1.82) is 0 Å². The highest BCUT2D eigenvalue weighted by atomic mass is 16.5. The number of nitrogens with zero attached hydrogens (tertiary/aromatic N) is 1. The molecule has 1 aromatic heterocycles. The van der Waals surface area contributed by atoms with Crippen LogP contribution in [0.1, 0.15) is 23.7 Å². The first-order valence-electron chi connectivity index (χ1n) is 4.12. The van der Waals surface area contributed by atoms with Gasteiger partial charge in [-0.15, -0.1) is 0 Å². The van der Waals surface area contributed by atoms with E-state index in [2.05, 4.69) is 4.98 Å². The van der Waals surface area contributed by atoms with Gasteiger partial charge in [-0.2, -0.15) is 0 Å². The first kappa shape index (κ1) is 9.51. The Balaban J connectivity index is 2.71. The van der Waals surface area contributed by atoms with Crippen LogP contribution in [0.25, 0.3) is 0 Å². The average molecular weight is 180 g/mol. The summed E-state index contributed by atoms with van der Waals surface area (Å²) in [5.41, 5.74) is 6.28. The number of carbonyl (C=O) groups excluding carboxylic acids is 1. The third-order valence-corrected chi connectivity index (χ3v) is 1.51. The Hall–Kier alpha value is -1.58. The van der Waals surface area contributed by atoms with Crippen molar-refractivity contribution in [2.75, 3.05) is 12.3 Å². The van der Waals surface area contributed by atoms with E-state index in [1.54, 1.807) is 6.07 Å². The first-order valence-corrected chi connectivity index (χ1v) is 4.12. The number of esters is 1. The summed E-state index contributed by atoms with van der Waals surface area (Å²) in [4.78, 5) is 15.1. The summed E-state index contributed by atoms with van der Waals surface area (Å²) >= 11 is 0. The molecule has 70 valence electrons. The smallest absolute Gasteiger partial charge is 0.341 e. The second kappa shape index (κ2) is 4.45. The predicted octanol–water partition coefficient (Wildman–Crippen LogP) is 1.23. The van der Waals surface area contributed by atoms with Gasteiger partial charge in [0.05, 0.1) is 6.61 Å². The molecule has 2 N–H and O–H groups in total. The van der Waals surface area contributed by atoms with E-state index in [1.165, 1.54) is 12.4 Å². The number of rotatable bonds is 3. The maximum atomic E-state index is 11.3. The molecule has 0 aromatic carbocycles. The predicted molar refractivity (Wildman–Crippen MR) is 49.2 cm³/mol. The number of nitrogen functional groups attached to an aromatic ring is 1. The molecule has 0 aliphatic rings. The number of nitrogens with two attached hydrogens (primary N) is 1. The molecule has 4 heteroatoms. The highest BCUT2D eigenvalue weighted by Crippen LogP contribution is 2.09. The zero-order valence-corrected chi connectivity index (χ0v) is 7.49. The lowest BCUT2D eigenvalue weighted by molar-refractivity contribution is 0.0506. The van der Waals surface area contributed by atoms with Crippen molar-refractivity contribution in [3.05, 3.63) is 24.0 Å². The molecule has 1 aromatic rings. The van der Waals surface area contributed by atoms with Crippen molar-refractivity contribution in [2.45, 2.75) is 13.3 Å². The molecule has 4 nitrogen and oxygen atoms in total. The molecule has 0 unspecified atom stereocenters. The number of carbonyl (C=O) groups is 1. The molecular weight excluding hydrogens is 168 g/mol. The highest BCUT2D eigenvalue weighted by Gasteiger charge is 2.09. The van der Waals surface area contributed by atoms with Crippen LogP contribution >= 0.6 is 0 Å². The Labute approximate surface area is 76.7 Å². The minimum atomic E-state index is -0.410. The maximum Gasteiger partial charge on any atom is 0.341 e. The lowest BCUT2D eigenvalue weighted by atomic mass is 10.2. The summed E-state index contributed by atoms with van der Waals surface area (Å²) in [6.07, 6.45) is 3.74. The van der Waals surface area contributed by atoms with E-state index < -0.39 is 5.97 Å². The van der Waals surface area contributed by atoms with Crippen LogP contribution in [-0.4, -0.2) is 17.6 Å². The molecule has 0 fully saturated rings. The number of aromatic nitrogens is 1.